The standard InChI is InChI=1S/C14H16N2O/c1-4-9(8-15)10-5-6-12-11(7-10)14(2,3)13(17)16-12/h5-7,9H,4H2,1-3H3,(H,16,17). The molecule has 1 heterocycles. The Labute approximate surface area is 101 Å². The number of nitriles is 1. The molecule has 1 aliphatic rings. The van der Waals surface area contributed by atoms with Crippen LogP contribution in [0.4, 0.5) is 5.69 Å². The van der Waals surface area contributed by atoms with Crippen LogP contribution in [0.25, 0.3) is 0 Å². The number of nitrogens with zero attached hydrogens (tertiary/aromatic N) is 1. The molecule has 1 atom stereocenters. The van der Waals surface area contributed by atoms with Crippen molar-refractivity contribution in [3.63, 3.8) is 0 Å². The van der Waals surface area contributed by atoms with Gasteiger partial charge >= 0.3 is 0 Å². The fourth-order valence-electron chi connectivity index (χ4n) is 2.21. The van der Waals surface area contributed by atoms with Crippen molar-refractivity contribution in [3.8, 4) is 6.07 Å². The van der Waals surface area contributed by atoms with Gasteiger partial charge in [-0.25, -0.2) is 0 Å². The molecule has 1 aliphatic heterocycles. The van der Waals surface area contributed by atoms with Crippen LogP contribution in [-0.2, 0) is 10.2 Å². The van der Waals surface area contributed by atoms with Gasteiger partial charge < -0.3 is 5.32 Å². The second-order valence-electron chi connectivity index (χ2n) is 4.97. The molecule has 1 aromatic rings. The molecular weight excluding hydrogens is 212 g/mol. The van der Waals surface area contributed by atoms with E-state index in [0.29, 0.717) is 0 Å². The predicted octanol–water partition coefficient (Wildman–Crippen LogP) is 2.93. The molecule has 0 spiro atoms. The van der Waals surface area contributed by atoms with Gasteiger partial charge in [-0.2, -0.15) is 5.26 Å². The second-order valence-corrected chi connectivity index (χ2v) is 4.97. The maximum absolute atomic E-state index is 11.8. The smallest absolute Gasteiger partial charge is 0.234 e. The summed E-state index contributed by atoms with van der Waals surface area (Å²) in [5.41, 5.74) is 2.36. The van der Waals surface area contributed by atoms with E-state index in [2.05, 4.69) is 11.4 Å². The van der Waals surface area contributed by atoms with Crippen molar-refractivity contribution in [2.45, 2.75) is 38.5 Å². The molecule has 1 N–H and O–H groups in total. The molecular formula is C14H16N2O. The minimum atomic E-state index is -0.501. The molecule has 0 radical (unpaired) electrons. The Morgan fingerprint density at radius 2 is 2.18 bits per heavy atom. The van der Waals surface area contributed by atoms with Gasteiger partial charge in [0, 0.05) is 5.69 Å². The zero-order chi connectivity index (χ0) is 12.6. The van der Waals surface area contributed by atoms with Crippen molar-refractivity contribution >= 4 is 11.6 Å². The van der Waals surface area contributed by atoms with Crippen molar-refractivity contribution in [1.82, 2.24) is 0 Å². The van der Waals surface area contributed by atoms with Gasteiger partial charge in [-0.3, -0.25) is 4.79 Å². The highest BCUT2D eigenvalue weighted by molar-refractivity contribution is 6.05. The number of carbonyl (C=O) groups excluding carboxylic acids is 1. The molecule has 1 aromatic carbocycles. The molecule has 0 saturated heterocycles. The largest absolute Gasteiger partial charge is 0.325 e. The molecule has 1 unspecified atom stereocenters. The van der Waals surface area contributed by atoms with E-state index in [-0.39, 0.29) is 11.8 Å². The lowest BCUT2D eigenvalue weighted by Gasteiger charge is -2.16. The summed E-state index contributed by atoms with van der Waals surface area (Å²) in [5.74, 6) is -0.0681. The molecule has 0 fully saturated rings. The lowest BCUT2D eigenvalue weighted by molar-refractivity contribution is -0.119. The van der Waals surface area contributed by atoms with Gasteiger partial charge in [-0.15, -0.1) is 0 Å². The van der Waals surface area contributed by atoms with Crippen LogP contribution >= 0.6 is 0 Å². The van der Waals surface area contributed by atoms with Gasteiger partial charge in [-0.05, 0) is 37.5 Å². The molecule has 17 heavy (non-hydrogen) atoms. The number of hydrogen-bond donors (Lipinski definition) is 1. The summed E-state index contributed by atoms with van der Waals surface area (Å²) < 4.78 is 0. The van der Waals surface area contributed by atoms with Crippen LogP contribution < -0.4 is 5.32 Å². The Bertz CT molecular complexity index is 511. The van der Waals surface area contributed by atoms with Crippen LogP contribution in [-0.4, -0.2) is 5.91 Å². The summed E-state index contributed by atoms with van der Waals surface area (Å²) in [7, 11) is 0. The minimum absolute atomic E-state index is 0.0228. The molecule has 0 aliphatic carbocycles. The summed E-state index contributed by atoms with van der Waals surface area (Å²) in [6.07, 6.45) is 0.789. The average Bonchev–Trinajstić information content (AvgIpc) is 2.53. The van der Waals surface area contributed by atoms with Crippen molar-refractivity contribution < 1.29 is 4.79 Å². The predicted molar refractivity (Wildman–Crippen MR) is 66.7 cm³/mol. The summed E-state index contributed by atoms with van der Waals surface area (Å²) in [4.78, 5) is 11.8. The number of hydrogen-bond acceptors (Lipinski definition) is 2. The molecule has 3 nitrogen and oxygen atoms in total. The zero-order valence-electron chi connectivity index (χ0n) is 10.4. The third-order valence-electron chi connectivity index (χ3n) is 3.50. The fraction of sp³-hybridized carbons (Fsp3) is 0.429. The van der Waals surface area contributed by atoms with E-state index in [9.17, 15) is 4.79 Å². The number of fused-ring (bicyclic) bond motifs is 1. The van der Waals surface area contributed by atoms with Crippen molar-refractivity contribution in [3.05, 3.63) is 29.3 Å². The quantitative estimate of drug-likeness (QED) is 0.846. The summed E-state index contributed by atoms with van der Waals surface area (Å²) in [6.45, 7) is 5.81. The molecule has 0 saturated carbocycles. The Morgan fingerprint density at radius 3 is 2.76 bits per heavy atom. The first-order valence-electron chi connectivity index (χ1n) is 5.86. The van der Waals surface area contributed by atoms with Gasteiger partial charge in [0.25, 0.3) is 0 Å². The fourth-order valence-corrected chi connectivity index (χ4v) is 2.21. The molecule has 0 aromatic heterocycles. The van der Waals surface area contributed by atoms with E-state index < -0.39 is 5.41 Å². The lowest BCUT2D eigenvalue weighted by atomic mass is 9.84. The highest BCUT2D eigenvalue weighted by atomic mass is 16.2. The van der Waals surface area contributed by atoms with Gasteiger partial charge in [0.1, 0.15) is 0 Å². The third kappa shape index (κ3) is 1.70. The highest BCUT2D eigenvalue weighted by Crippen LogP contribution is 2.38. The van der Waals surface area contributed by atoms with Gasteiger partial charge in [0.15, 0.2) is 0 Å². The van der Waals surface area contributed by atoms with E-state index in [1.807, 2.05) is 39.0 Å². The maximum atomic E-state index is 11.8. The topological polar surface area (TPSA) is 52.9 Å². The highest BCUT2D eigenvalue weighted by Gasteiger charge is 2.38. The molecule has 2 rings (SSSR count). The van der Waals surface area contributed by atoms with Crippen LogP contribution in [0.3, 0.4) is 0 Å². The van der Waals surface area contributed by atoms with Crippen LogP contribution in [0.5, 0.6) is 0 Å². The first-order chi connectivity index (χ1) is 8.00. The van der Waals surface area contributed by atoms with Gasteiger partial charge in [0.2, 0.25) is 5.91 Å². The van der Waals surface area contributed by atoms with Gasteiger partial charge in [0.05, 0.1) is 17.4 Å². The number of rotatable bonds is 2. The monoisotopic (exact) mass is 228 g/mol. The Kier molecular flexibility index (Phi) is 2.66. The number of amides is 1. The summed E-state index contributed by atoms with van der Waals surface area (Å²) in [5, 5.41) is 11.9. The first-order valence-corrected chi connectivity index (χ1v) is 5.86. The number of benzene rings is 1. The second kappa shape index (κ2) is 3.89. The van der Waals surface area contributed by atoms with Gasteiger partial charge in [-0.1, -0.05) is 19.1 Å². The maximum Gasteiger partial charge on any atom is 0.234 e. The summed E-state index contributed by atoms with van der Waals surface area (Å²) >= 11 is 0. The molecule has 3 heteroatoms. The minimum Gasteiger partial charge on any atom is -0.325 e. The number of nitrogens with one attached hydrogen (secondary N) is 1. The van der Waals surface area contributed by atoms with E-state index in [1.165, 1.54) is 0 Å². The van der Waals surface area contributed by atoms with E-state index >= 15 is 0 Å². The molecule has 88 valence electrons. The van der Waals surface area contributed by atoms with Crippen LogP contribution in [0.15, 0.2) is 18.2 Å². The van der Waals surface area contributed by atoms with Crippen LogP contribution in [0, 0.1) is 11.3 Å². The van der Waals surface area contributed by atoms with Crippen LogP contribution in [0.1, 0.15) is 44.2 Å². The number of carbonyl (C=O) groups is 1. The molecule has 1 amide bonds. The average molecular weight is 228 g/mol. The Hall–Kier alpha value is -1.82. The van der Waals surface area contributed by atoms with Crippen molar-refractivity contribution in [1.29, 1.82) is 5.26 Å². The normalized spacial score (nSPS) is 18.1. The van der Waals surface area contributed by atoms with Crippen LogP contribution in [0.2, 0.25) is 0 Å². The van der Waals surface area contributed by atoms with Crippen molar-refractivity contribution in [2.75, 3.05) is 5.32 Å². The van der Waals surface area contributed by atoms with E-state index in [1.54, 1.807) is 0 Å². The SMILES string of the molecule is CCC(C#N)c1ccc2c(c1)C(C)(C)C(=O)N2. The molecule has 0 bridgehead atoms. The van der Waals surface area contributed by atoms with Crippen molar-refractivity contribution in [2.24, 2.45) is 0 Å². The lowest BCUT2D eigenvalue weighted by Crippen LogP contribution is -2.26. The third-order valence-corrected chi connectivity index (χ3v) is 3.50. The number of anilines is 1. The van der Waals surface area contributed by atoms with E-state index in [0.717, 1.165) is 23.2 Å². The Morgan fingerprint density at radius 1 is 1.47 bits per heavy atom. The van der Waals surface area contributed by atoms with E-state index in [4.69, 9.17) is 5.26 Å². The zero-order valence-corrected chi connectivity index (χ0v) is 10.4. The first kappa shape index (κ1) is 11.7. The Balaban J connectivity index is 2.50. The summed E-state index contributed by atoms with van der Waals surface area (Å²) in [6, 6.07) is 8.11.